The lowest BCUT2D eigenvalue weighted by atomic mass is 10.2. The van der Waals surface area contributed by atoms with Crippen molar-refractivity contribution >= 4 is 32.0 Å². The van der Waals surface area contributed by atoms with Crippen molar-refractivity contribution in [3.05, 3.63) is 34.9 Å². The number of rotatable bonds is 7. The molecule has 0 radical (unpaired) electrons. The van der Waals surface area contributed by atoms with Gasteiger partial charge in [0.1, 0.15) is 6.61 Å². The summed E-state index contributed by atoms with van der Waals surface area (Å²) in [5.74, 6) is 0.263. The number of pyridine rings is 1. The molecule has 0 aromatic carbocycles. The third-order valence-corrected chi connectivity index (χ3v) is 9.39. The first-order chi connectivity index (χ1) is 13.0. The van der Waals surface area contributed by atoms with E-state index in [1.165, 1.54) is 12.2 Å². The van der Waals surface area contributed by atoms with Crippen LogP contribution in [0, 0.1) is 0 Å². The van der Waals surface area contributed by atoms with Crippen molar-refractivity contribution in [3.8, 4) is 11.5 Å². The van der Waals surface area contributed by atoms with Gasteiger partial charge in [0.2, 0.25) is 11.8 Å². The molecule has 2 heterocycles. The van der Waals surface area contributed by atoms with E-state index in [1.54, 1.807) is 19.2 Å². The van der Waals surface area contributed by atoms with Gasteiger partial charge in [-0.2, -0.15) is 0 Å². The van der Waals surface area contributed by atoms with E-state index >= 15 is 0 Å². The smallest absolute Gasteiger partial charge is 0.330 e. The Kier molecular flexibility index (Phi) is 7.14. The van der Waals surface area contributed by atoms with Crippen LogP contribution in [0.4, 0.5) is 0 Å². The number of carbonyl (C=O) groups is 1. The van der Waals surface area contributed by atoms with E-state index in [9.17, 15) is 4.79 Å². The Morgan fingerprint density at radius 3 is 2.64 bits per heavy atom. The highest BCUT2D eigenvalue weighted by atomic mass is 35.5. The molecule has 0 aliphatic carbocycles. The lowest BCUT2D eigenvalue weighted by Gasteiger charge is -2.35. The molecule has 0 atom stereocenters. The topological polar surface area (TPSA) is 87.3 Å². The van der Waals surface area contributed by atoms with Gasteiger partial charge in [0.25, 0.3) is 0 Å². The molecule has 0 aliphatic heterocycles. The highest BCUT2D eigenvalue weighted by Gasteiger charge is 2.37. The van der Waals surface area contributed by atoms with Gasteiger partial charge in [-0.05, 0) is 37.2 Å². The van der Waals surface area contributed by atoms with E-state index in [0.717, 1.165) is 0 Å². The lowest BCUT2D eigenvalue weighted by Crippen LogP contribution is -2.40. The second kappa shape index (κ2) is 8.98. The minimum atomic E-state index is -1.91. The van der Waals surface area contributed by atoms with Crippen molar-refractivity contribution in [1.29, 1.82) is 0 Å². The van der Waals surface area contributed by atoms with E-state index in [0.29, 0.717) is 34.7 Å². The van der Waals surface area contributed by atoms with Gasteiger partial charge in [-0.3, -0.25) is 4.98 Å². The zero-order chi connectivity index (χ0) is 20.9. The summed E-state index contributed by atoms with van der Waals surface area (Å²) in [5, 5.41) is 8.55. The molecule has 0 bridgehead atoms. The summed E-state index contributed by atoms with van der Waals surface area (Å²) in [6.07, 6.45) is 4.33. The molecule has 0 spiro atoms. The number of hydrogen-bond donors (Lipinski definition) is 0. The van der Waals surface area contributed by atoms with Crippen LogP contribution in [0.25, 0.3) is 17.5 Å². The average Bonchev–Trinajstić information content (AvgIpc) is 3.07. The molecule has 7 nitrogen and oxygen atoms in total. The van der Waals surface area contributed by atoms with Gasteiger partial charge in [-0.15, -0.1) is 10.2 Å². The molecule has 2 aromatic rings. The molecule has 0 unspecified atom stereocenters. The third kappa shape index (κ3) is 5.73. The van der Waals surface area contributed by atoms with Gasteiger partial charge in [0.05, 0.1) is 22.9 Å². The van der Waals surface area contributed by atoms with Crippen LogP contribution >= 0.6 is 11.6 Å². The van der Waals surface area contributed by atoms with Crippen molar-refractivity contribution in [2.24, 2.45) is 0 Å². The second-order valence-electron chi connectivity index (χ2n) is 7.73. The monoisotopic (exact) mass is 423 g/mol. The van der Waals surface area contributed by atoms with E-state index < -0.39 is 14.3 Å². The summed E-state index contributed by atoms with van der Waals surface area (Å²) >= 11 is 6.24. The van der Waals surface area contributed by atoms with Gasteiger partial charge >= 0.3 is 5.97 Å². The number of esters is 1. The minimum absolute atomic E-state index is 0.0974. The van der Waals surface area contributed by atoms with Crippen LogP contribution < -0.4 is 0 Å². The fraction of sp³-hybridized carbons (Fsp3) is 0.474. The maximum Gasteiger partial charge on any atom is 0.330 e. The first-order valence-electron chi connectivity index (χ1n) is 9.00. The molecule has 152 valence electrons. The Hall–Kier alpha value is -2.03. The molecular formula is C19H26ClN3O4Si. The van der Waals surface area contributed by atoms with E-state index in [1.807, 2.05) is 0 Å². The maximum absolute atomic E-state index is 11.4. The Labute approximate surface area is 171 Å². The minimum Gasteiger partial charge on any atom is -0.463 e. The Morgan fingerprint density at radius 2 is 2.04 bits per heavy atom. The van der Waals surface area contributed by atoms with Crippen LogP contribution in [0.2, 0.25) is 23.2 Å². The molecule has 0 saturated carbocycles. The van der Waals surface area contributed by atoms with Gasteiger partial charge < -0.3 is 13.6 Å². The zero-order valence-corrected chi connectivity index (χ0v) is 18.8. The SMILES string of the molecule is CCOC(=O)/C=C/c1ncc(-c2nnc(CO[Si](C)(C)C(C)(C)C)o2)cc1Cl. The third-order valence-electron chi connectivity index (χ3n) is 4.61. The first kappa shape index (κ1) is 22.3. The van der Waals surface area contributed by atoms with Crippen LogP contribution in [0.15, 0.2) is 22.8 Å². The normalized spacial score (nSPS) is 12.5. The summed E-state index contributed by atoms with van der Waals surface area (Å²) in [6.45, 7) is 13.2. The summed E-state index contributed by atoms with van der Waals surface area (Å²) in [4.78, 5) is 15.6. The number of halogens is 1. The summed E-state index contributed by atoms with van der Waals surface area (Å²) in [7, 11) is -1.91. The molecule has 2 aromatic heterocycles. The Bertz CT molecular complexity index is 859. The number of nitrogens with zero attached hydrogens (tertiary/aromatic N) is 3. The molecule has 2 rings (SSSR count). The van der Waals surface area contributed by atoms with Gasteiger partial charge in [-0.1, -0.05) is 32.4 Å². The predicted molar refractivity (Wildman–Crippen MR) is 110 cm³/mol. The van der Waals surface area contributed by atoms with Gasteiger partial charge in [0, 0.05) is 12.3 Å². The molecule has 0 saturated heterocycles. The first-order valence-corrected chi connectivity index (χ1v) is 12.3. The Balaban J connectivity index is 2.09. The van der Waals surface area contributed by atoms with Crippen molar-refractivity contribution in [3.63, 3.8) is 0 Å². The summed E-state index contributed by atoms with van der Waals surface area (Å²) in [5.41, 5.74) is 1.03. The summed E-state index contributed by atoms with van der Waals surface area (Å²) in [6, 6.07) is 1.66. The molecule has 28 heavy (non-hydrogen) atoms. The van der Waals surface area contributed by atoms with E-state index in [2.05, 4.69) is 49.0 Å². The van der Waals surface area contributed by atoms with Gasteiger partial charge in [0.15, 0.2) is 8.32 Å². The highest BCUT2D eigenvalue weighted by molar-refractivity contribution is 6.74. The maximum atomic E-state index is 11.4. The number of aromatic nitrogens is 3. The summed E-state index contributed by atoms with van der Waals surface area (Å²) < 4.78 is 16.6. The fourth-order valence-corrected chi connectivity index (χ4v) is 3.06. The largest absolute Gasteiger partial charge is 0.463 e. The van der Waals surface area contributed by atoms with Crippen LogP contribution in [-0.4, -0.2) is 36.1 Å². The standard InChI is InChI=1S/C19H26ClN3O4Si/c1-7-25-17(24)9-8-15-14(20)10-13(11-21-15)18-23-22-16(27-18)12-26-28(5,6)19(2,3)4/h8-11H,7,12H2,1-6H3/b9-8+. The number of carbonyl (C=O) groups excluding carboxylic acids is 1. The van der Waals surface area contributed by atoms with Crippen molar-refractivity contribution in [2.75, 3.05) is 6.61 Å². The van der Waals surface area contributed by atoms with Crippen molar-refractivity contribution < 1.29 is 18.4 Å². The van der Waals surface area contributed by atoms with Crippen LogP contribution in [0.3, 0.4) is 0 Å². The average molecular weight is 424 g/mol. The molecule has 0 amide bonds. The number of ether oxygens (including phenoxy) is 1. The van der Waals surface area contributed by atoms with Crippen molar-refractivity contribution in [1.82, 2.24) is 15.2 Å². The molecule has 0 fully saturated rings. The molecule has 0 N–H and O–H groups in total. The molecular weight excluding hydrogens is 398 g/mol. The molecule has 9 heteroatoms. The fourth-order valence-electron chi connectivity index (χ4n) is 1.91. The lowest BCUT2D eigenvalue weighted by molar-refractivity contribution is -0.137. The second-order valence-corrected chi connectivity index (χ2v) is 12.9. The Morgan fingerprint density at radius 1 is 1.32 bits per heavy atom. The zero-order valence-electron chi connectivity index (χ0n) is 17.1. The van der Waals surface area contributed by atoms with Gasteiger partial charge in [-0.25, -0.2) is 4.79 Å². The van der Waals surface area contributed by atoms with E-state index in [-0.39, 0.29) is 11.6 Å². The van der Waals surface area contributed by atoms with Crippen molar-refractivity contribution in [2.45, 2.75) is 52.4 Å². The van der Waals surface area contributed by atoms with Crippen LogP contribution in [-0.2, 0) is 20.6 Å². The van der Waals surface area contributed by atoms with Crippen LogP contribution in [0.1, 0.15) is 39.3 Å². The highest BCUT2D eigenvalue weighted by Crippen LogP contribution is 2.37. The predicted octanol–water partition coefficient (Wildman–Crippen LogP) is 4.88. The quantitative estimate of drug-likeness (QED) is 0.356. The number of hydrogen-bond acceptors (Lipinski definition) is 7. The molecule has 0 aliphatic rings. The van der Waals surface area contributed by atoms with E-state index in [4.69, 9.17) is 25.2 Å². The van der Waals surface area contributed by atoms with Crippen LogP contribution in [0.5, 0.6) is 0 Å².